The van der Waals surface area contributed by atoms with Crippen molar-refractivity contribution >= 4 is 24.0 Å². The van der Waals surface area contributed by atoms with E-state index in [0.717, 1.165) is 24.3 Å². The molecule has 1 amide bonds. The first-order valence-electron chi connectivity index (χ1n) is 7.29. The smallest absolute Gasteiger partial charge is 0.238 e. The van der Waals surface area contributed by atoms with Gasteiger partial charge in [-0.1, -0.05) is 17.7 Å². The van der Waals surface area contributed by atoms with Crippen molar-refractivity contribution in [2.75, 3.05) is 25.0 Å². The molecule has 0 radical (unpaired) electrons. The van der Waals surface area contributed by atoms with Gasteiger partial charge in [0.15, 0.2) is 0 Å². The van der Waals surface area contributed by atoms with Crippen molar-refractivity contribution in [2.24, 2.45) is 0 Å². The van der Waals surface area contributed by atoms with Crippen LogP contribution in [-0.2, 0) is 4.79 Å². The lowest BCUT2D eigenvalue weighted by Crippen LogP contribution is -2.55. The Bertz CT molecular complexity index is 482. The maximum absolute atomic E-state index is 12.2. The molecule has 1 aromatic carbocycles. The summed E-state index contributed by atoms with van der Waals surface area (Å²) in [6.45, 7) is 10.7. The number of amides is 1. The Morgan fingerprint density at radius 2 is 1.90 bits per heavy atom. The summed E-state index contributed by atoms with van der Waals surface area (Å²) in [5.74, 6) is 0.0678. The van der Waals surface area contributed by atoms with Crippen molar-refractivity contribution in [3.8, 4) is 0 Å². The molecule has 1 aliphatic heterocycles. The zero-order valence-electron chi connectivity index (χ0n) is 13.3. The van der Waals surface area contributed by atoms with E-state index in [0.29, 0.717) is 18.6 Å². The van der Waals surface area contributed by atoms with Crippen LogP contribution in [0.2, 0.25) is 0 Å². The minimum atomic E-state index is 0. The molecular weight excluding hydrogens is 286 g/mol. The number of hydrogen-bond donors (Lipinski definition) is 2. The summed E-state index contributed by atoms with van der Waals surface area (Å²) in [4.78, 5) is 14.4. The van der Waals surface area contributed by atoms with E-state index in [1.807, 2.05) is 19.1 Å². The summed E-state index contributed by atoms with van der Waals surface area (Å²) in [5, 5.41) is 6.49. The number of aryl methyl sites for hydroxylation is 2. The second-order valence-corrected chi connectivity index (χ2v) is 6.03. The second kappa shape index (κ2) is 7.78. The number of carbonyl (C=O) groups is 1. The Labute approximate surface area is 133 Å². The van der Waals surface area contributed by atoms with Gasteiger partial charge in [-0.15, -0.1) is 12.4 Å². The summed E-state index contributed by atoms with van der Waals surface area (Å²) in [6, 6.07) is 6.97. The molecule has 1 saturated heterocycles. The molecule has 1 fully saturated rings. The first-order valence-corrected chi connectivity index (χ1v) is 7.29. The molecule has 0 saturated carbocycles. The Hall–Kier alpha value is -1.10. The molecule has 0 aliphatic carbocycles. The Morgan fingerprint density at radius 3 is 2.48 bits per heavy atom. The fraction of sp³-hybridized carbons (Fsp3) is 0.562. The standard InChI is InChI=1S/C16H25N3O.ClH/c1-11-5-6-15(12(2)7-11)18-16(20)10-19-8-13(3)17-14(4)9-19;/h5-7,13-14,17H,8-10H2,1-4H3,(H,18,20);1H. The van der Waals surface area contributed by atoms with Crippen LogP contribution in [0.3, 0.4) is 0 Å². The van der Waals surface area contributed by atoms with Gasteiger partial charge in [0.1, 0.15) is 0 Å². The number of halogens is 1. The minimum Gasteiger partial charge on any atom is -0.325 e. The van der Waals surface area contributed by atoms with E-state index in [1.54, 1.807) is 0 Å². The van der Waals surface area contributed by atoms with E-state index in [2.05, 4.69) is 42.4 Å². The maximum Gasteiger partial charge on any atom is 0.238 e. The van der Waals surface area contributed by atoms with E-state index in [4.69, 9.17) is 0 Å². The minimum absolute atomic E-state index is 0. The van der Waals surface area contributed by atoms with Crippen LogP contribution in [0.5, 0.6) is 0 Å². The van der Waals surface area contributed by atoms with Crippen molar-refractivity contribution in [3.05, 3.63) is 29.3 Å². The Kier molecular flexibility index (Phi) is 6.65. The second-order valence-electron chi connectivity index (χ2n) is 6.03. The molecule has 1 aliphatic rings. The fourth-order valence-corrected chi connectivity index (χ4v) is 2.92. The van der Waals surface area contributed by atoms with Gasteiger partial charge in [-0.3, -0.25) is 9.69 Å². The van der Waals surface area contributed by atoms with E-state index in [1.165, 1.54) is 5.56 Å². The number of carbonyl (C=O) groups excluding carboxylic acids is 1. The van der Waals surface area contributed by atoms with Crippen LogP contribution in [-0.4, -0.2) is 42.5 Å². The molecule has 2 atom stereocenters. The van der Waals surface area contributed by atoms with E-state index < -0.39 is 0 Å². The molecule has 0 aromatic heterocycles. The van der Waals surface area contributed by atoms with Gasteiger partial charge in [0.2, 0.25) is 5.91 Å². The van der Waals surface area contributed by atoms with Gasteiger partial charge in [0.05, 0.1) is 6.54 Å². The zero-order chi connectivity index (χ0) is 14.7. The molecule has 2 rings (SSSR count). The molecule has 118 valence electrons. The SMILES string of the molecule is Cc1ccc(NC(=O)CN2CC(C)NC(C)C2)c(C)c1.Cl. The molecule has 4 nitrogen and oxygen atoms in total. The third kappa shape index (κ3) is 5.30. The van der Waals surface area contributed by atoms with Crippen LogP contribution < -0.4 is 10.6 Å². The van der Waals surface area contributed by atoms with E-state index in [-0.39, 0.29) is 18.3 Å². The summed E-state index contributed by atoms with van der Waals surface area (Å²) >= 11 is 0. The highest BCUT2D eigenvalue weighted by atomic mass is 35.5. The van der Waals surface area contributed by atoms with Crippen LogP contribution in [0.15, 0.2) is 18.2 Å². The number of nitrogens with one attached hydrogen (secondary N) is 2. The van der Waals surface area contributed by atoms with Crippen molar-refractivity contribution < 1.29 is 4.79 Å². The lowest BCUT2D eigenvalue weighted by molar-refractivity contribution is -0.117. The summed E-state index contributed by atoms with van der Waals surface area (Å²) in [5.41, 5.74) is 3.24. The van der Waals surface area contributed by atoms with Crippen LogP contribution >= 0.6 is 12.4 Å². The molecule has 1 aromatic rings. The predicted molar refractivity (Wildman–Crippen MR) is 90.3 cm³/mol. The highest BCUT2D eigenvalue weighted by Gasteiger charge is 2.22. The zero-order valence-corrected chi connectivity index (χ0v) is 14.1. The van der Waals surface area contributed by atoms with Crippen molar-refractivity contribution in [3.63, 3.8) is 0 Å². The summed E-state index contributed by atoms with van der Waals surface area (Å²) in [7, 11) is 0. The molecule has 0 spiro atoms. The quantitative estimate of drug-likeness (QED) is 0.900. The van der Waals surface area contributed by atoms with Crippen molar-refractivity contribution in [1.29, 1.82) is 0 Å². The number of anilines is 1. The molecular formula is C16H26ClN3O. The summed E-state index contributed by atoms with van der Waals surface area (Å²) in [6.07, 6.45) is 0. The fourth-order valence-electron chi connectivity index (χ4n) is 2.92. The van der Waals surface area contributed by atoms with Gasteiger partial charge in [-0.25, -0.2) is 0 Å². The van der Waals surface area contributed by atoms with E-state index in [9.17, 15) is 4.79 Å². The normalized spacial score (nSPS) is 22.5. The van der Waals surface area contributed by atoms with Crippen molar-refractivity contribution in [2.45, 2.75) is 39.8 Å². The van der Waals surface area contributed by atoms with Crippen molar-refractivity contribution in [1.82, 2.24) is 10.2 Å². The third-order valence-electron chi connectivity index (χ3n) is 3.66. The third-order valence-corrected chi connectivity index (χ3v) is 3.66. The molecule has 5 heteroatoms. The van der Waals surface area contributed by atoms with E-state index >= 15 is 0 Å². The number of benzene rings is 1. The van der Waals surface area contributed by atoms with Gasteiger partial charge < -0.3 is 10.6 Å². The highest BCUT2D eigenvalue weighted by molar-refractivity contribution is 5.93. The lowest BCUT2D eigenvalue weighted by atomic mass is 10.1. The topological polar surface area (TPSA) is 44.4 Å². The Morgan fingerprint density at radius 1 is 1.29 bits per heavy atom. The summed E-state index contributed by atoms with van der Waals surface area (Å²) < 4.78 is 0. The first kappa shape index (κ1) is 18.0. The van der Waals surface area contributed by atoms with Gasteiger partial charge >= 0.3 is 0 Å². The molecule has 2 N–H and O–H groups in total. The first-order chi connectivity index (χ1) is 9.44. The predicted octanol–water partition coefficient (Wildman–Crippen LogP) is 2.35. The lowest BCUT2D eigenvalue weighted by Gasteiger charge is -2.35. The van der Waals surface area contributed by atoms with Crippen LogP contribution in [0.4, 0.5) is 5.69 Å². The number of rotatable bonds is 3. The largest absolute Gasteiger partial charge is 0.325 e. The molecule has 2 unspecified atom stereocenters. The van der Waals surface area contributed by atoms with Crippen LogP contribution in [0, 0.1) is 13.8 Å². The molecule has 1 heterocycles. The molecule has 0 bridgehead atoms. The van der Waals surface area contributed by atoms with Gasteiger partial charge in [0.25, 0.3) is 0 Å². The number of nitrogens with zero attached hydrogens (tertiary/aromatic N) is 1. The monoisotopic (exact) mass is 311 g/mol. The Balaban J connectivity index is 0.00000220. The maximum atomic E-state index is 12.2. The van der Waals surface area contributed by atoms with Gasteiger partial charge in [0, 0.05) is 30.9 Å². The van der Waals surface area contributed by atoms with Crippen LogP contribution in [0.1, 0.15) is 25.0 Å². The van der Waals surface area contributed by atoms with Gasteiger partial charge in [-0.2, -0.15) is 0 Å². The van der Waals surface area contributed by atoms with Crippen LogP contribution in [0.25, 0.3) is 0 Å². The average molecular weight is 312 g/mol. The number of piperazine rings is 1. The molecule has 21 heavy (non-hydrogen) atoms. The number of hydrogen-bond acceptors (Lipinski definition) is 3. The van der Waals surface area contributed by atoms with Gasteiger partial charge in [-0.05, 0) is 39.3 Å². The highest BCUT2D eigenvalue weighted by Crippen LogP contribution is 2.16. The average Bonchev–Trinajstić information content (AvgIpc) is 2.31.